The quantitative estimate of drug-likeness (QED) is 0.746. The van der Waals surface area contributed by atoms with Crippen LogP contribution in [0.3, 0.4) is 0 Å². The van der Waals surface area contributed by atoms with Crippen molar-refractivity contribution in [2.24, 2.45) is 5.92 Å². The zero-order chi connectivity index (χ0) is 18.8. The third-order valence-electron chi connectivity index (χ3n) is 4.32. The van der Waals surface area contributed by atoms with E-state index in [9.17, 15) is 9.59 Å². The largest absolute Gasteiger partial charge is 0.445 e. The lowest BCUT2D eigenvalue weighted by molar-refractivity contribution is -0.125. The molecule has 0 radical (unpaired) electrons. The van der Waals surface area contributed by atoms with Crippen LogP contribution in [-0.4, -0.2) is 62.2 Å². The number of nitrogens with one attached hydrogen (secondary N) is 3. The summed E-state index contributed by atoms with van der Waals surface area (Å²) in [5, 5.41) is 9.16. The van der Waals surface area contributed by atoms with E-state index in [1.165, 1.54) is 0 Å². The number of hydrogen-bond acceptors (Lipinski definition) is 5. The number of hydrogen-bond donors (Lipinski definition) is 3. The second-order valence-corrected chi connectivity index (χ2v) is 6.74. The van der Waals surface area contributed by atoms with Gasteiger partial charge in [0.15, 0.2) is 0 Å². The molecule has 2 fully saturated rings. The summed E-state index contributed by atoms with van der Waals surface area (Å²) in [7, 11) is 0. The highest BCUT2D eigenvalue weighted by Crippen LogP contribution is 2.04. The number of benzene rings is 1. The molecule has 0 aromatic heterocycles. The number of ether oxygens (including phenoxy) is 1. The lowest BCUT2D eigenvalue weighted by atomic mass is 10.0. The van der Waals surface area contributed by atoms with E-state index >= 15 is 0 Å². The van der Waals surface area contributed by atoms with Gasteiger partial charge in [0.05, 0.1) is 6.04 Å². The first-order valence-corrected chi connectivity index (χ1v) is 9.25. The first-order valence-electron chi connectivity index (χ1n) is 9.25. The first-order chi connectivity index (χ1) is 12.6. The fraction of sp³-hybridized carbons (Fsp3) is 0.579. The van der Waals surface area contributed by atoms with E-state index in [0.717, 1.165) is 44.8 Å². The smallest absolute Gasteiger partial charge is 0.410 e. The average Bonchev–Trinajstić information content (AvgIpc) is 2.68. The van der Waals surface area contributed by atoms with Crippen molar-refractivity contribution >= 4 is 12.0 Å². The molecule has 3 rings (SSSR count). The SMILES string of the molecule is CC(C)[C@H]1NCCNC1=O.O=C(OCc1ccccc1)N1CCNCC1. The second-order valence-electron chi connectivity index (χ2n) is 6.74. The number of carbonyl (C=O) groups excluding carboxylic acids is 2. The minimum absolute atomic E-state index is 0.0220. The average molecular weight is 362 g/mol. The van der Waals surface area contributed by atoms with Crippen LogP contribution in [0.2, 0.25) is 0 Å². The van der Waals surface area contributed by atoms with E-state index in [1.54, 1.807) is 4.90 Å². The fourth-order valence-electron chi connectivity index (χ4n) is 2.81. The van der Waals surface area contributed by atoms with Gasteiger partial charge in [0, 0.05) is 39.3 Å². The Morgan fingerprint density at radius 3 is 2.42 bits per heavy atom. The van der Waals surface area contributed by atoms with E-state index in [-0.39, 0.29) is 18.0 Å². The van der Waals surface area contributed by atoms with Crippen molar-refractivity contribution < 1.29 is 14.3 Å². The van der Waals surface area contributed by atoms with Crippen LogP contribution >= 0.6 is 0 Å². The van der Waals surface area contributed by atoms with Crippen molar-refractivity contribution in [3.63, 3.8) is 0 Å². The topological polar surface area (TPSA) is 82.7 Å². The van der Waals surface area contributed by atoms with Crippen LogP contribution in [0.5, 0.6) is 0 Å². The summed E-state index contributed by atoms with van der Waals surface area (Å²) in [4.78, 5) is 24.4. The molecule has 2 aliphatic heterocycles. The van der Waals surface area contributed by atoms with Crippen LogP contribution in [0, 0.1) is 5.92 Å². The van der Waals surface area contributed by atoms with Gasteiger partial charge in [-0.15, -0.1) is 0 Å². The van der Waals surface area contributed by atoms with Crippen LogP contribution in [0.15, 0.2) is 30.3 Å². The van der Waals surface area contributed by atoms with Gasteiger partial charge in [-0.3, -0.25) is 4.79 Å². The number of rotatable bonds is 3. The first kappa shape index (κ1) is 20.2. The van der Waals surface area contributed by atoms with Crippen molar-refractivity contribution in [1.29, 1.82) is 0 Å². The van der Waals surface area contributed by atoms with Gasteiger partial charge in [-0.05, 0) is 11.5 Å². The highest BCUT2D eigenvalue weighted by atomic mass is 16.6. The molecule has 1 atom stereocenters. The maximum atomic E-state index is 11.6. The summed E-state index contributed by atoms with van der Waals surface area (Å²) in [6, 6.07) is 9.74. The molecule has 1 aromatic carbocycles. The molecule has 2 amide bonds. The number of amides is 2. The van der Waals surface area contributed by atoms with Gasteiger partial charge < -0.3 is 25.6 Å². The molecule has 2 heterocycles. The monoisotopic (exact) mass is 362 g/mol. The van der Waals surface area contributed by atoms with Crippen molar-refractivity contribution in [3.05, 3.63) is 35.9 Å². The molecular formula is C19H30N4O3. The Bertz CT molecular complexity index is 559. The molecule has 0 spiro atoms. The van der Waals surface area contributed by atoms with E-state index in [4.69, 9.17) is 4.74 Å². The third-order valence-corrected chi connectivity index (χ3v) is 4.32. The van der Waals surface area contributed by atoms with Gasteiger partial charge in [0.2, 0.25) is 5.91 Å². The Morgan fingerprint density at radius 1 is 1.15 bits per heavy atom. The van der Waals surface area contributed by atoms with Gasteiger partial charge in [0.25, 0.3) is 0 Å². The van der Waals surface area contributed by atoms with Crippen LogP contribution in [0.25, 0.3) is 0 Å². The molecule has 2 aliphatic rings. The van der Waals surface area contributed by atoms with Gasteiger partial charge in [0.1, 0.15) is 6.61 Å². The number of carbonyl (C=O) groups is 2. The van der Waals surface area contributed by atoms with Crippen LogP contribution in [-0.2, 0) is 16.1 Å². The molecule has 26 heavy (non-hydrogen) atoms. The van der Waals surface area contributed by atoms with Gasteiger partial charge >= 0.3 is 6.09 Å². The molecule has 2 saturated heterocycles. The summed E-state index contributed by atoms with van der Waals surface area (Å²) in [5.41, 5.74) is 1.02. The zero-order valence-electron chi connectivity index (χ0n) is 15.7. The molecule has 144 valence electrons. The third kappa shape index (κ3) is 6.65. The van der Waals surface area contributed by atoms with Crippen LogP contribution in [0.4, 0.5) is 4.79 Å². The highest BCUT2D eigenvalue weighted by Gasteiger charge is 2.23. The van der Waals surface area contributed by atoms with E-state index in [2.05, 4.69) is 16.0 Å². The molecule has 3 N–H and O–H groups in total. The summed E-state index contributed by atoms with van der Waals surface area (Å²) >= 11 is 0. The minimum Gasteiger partial charge on any atom is -0.445 e. The van der Waals surface area contributed by atoms with E-state index < -0.39 is 0 Å². The maximum absolute atomic E-state index is 11.6. The predicted octanol–water partition coefficient (Wildman–Crippen LogP) is 0.959. The van der Waals surface area contributed by atoms with Crippen molar-refractivity contribution in [2.45, 2.75) is 26.5 Å². The van der Waals surface area contributed by atoms with E-state index in [1.807, 2.05) is 44.2 Å². The van der Waals surface area contributed by atoms with Crippen LogP contribution < -0.4 is 16.0 Å². The maximum Gasteiger partial charge on any atom is 0.410 e. The standard InChI is InChI=1S/C12H16N2O2.C7H14N2O/c15-12(14-8-6-13-7-9-14)16-10-11-4-2-1-3-5-11;1-5(2)6-7(10)9-4-3-8-6/h1-5,13H,6-10H2;5-6,8H,3-4H2,1-2H3,(H,9,10)/t;6-/m.1/s1. The summed E-state index contributed by atoms with van der Waals surface area (Å²) in [6.45, 7) is 9.26. The van der Waals surface area contributed by atoms with Gasteiger partial charge in [-0.1, -0.05) is 44.2 Å². The molecule has 7 heteroatoms. The van der Waals surface area contributed by atoms with Crippen molar-refractivity contribution in [2.75, 3.05) is 39.3 Å². The minimum atomic E-state index is -0.217. The molecule has 0 bridgehead atoms. The zero-order valence-corrected chi connectivity index (χ0v) is 15.7. The highest BCUT2D eigenvalue weighted by molar-refractivity contribution is 5.82. The van der Waals surface area contributed by atoms with Gasteiger partial charge in [-0.25, -0.2) is 4.79 Å². The Morgan fingerprint density at radius 2 is 1.85 bits per heavy atom. The normalized spacial score (nSPS) is 20.0. The van der Waals surface area contributed by atoms with Crippen molar-refractivity contribution in [1.82, 2.24) is 20.9 Å². The summed E-state index contributed by atoms with van der Waals surface area (Å²) in [6.07, 6.45) is -0.217. The molecule has 1 aromatic rings. The van der Waals surface area contributed by atoms with Crippen molar-refractivity contribution in [3.8, 4) is 0 Å². The fourth-order valence-corrected chi connectivity index (χ4v) is 2.81. The molecule has 0 saturated carbocycles. The number of nitrogens with zero attached hydrogens (tertiary/aromatic N) is 1. The van der Waals surface area contributed by atoms with E-state index in [0.29, 0.717) is 12.5 Å². The Hall–Kier alpha value is -2.12. The molecule has 0 unspecified atom stereocenters. The summed E-state index contributed by atoms with van der Waals surface area (Å²) in [5.74, 6) is 0.529. The predicted molar refractivity (Wildman–Crippen MR) is 101 cm³/mol. The lowest BCUT2D eigenvalue weighted by Gasteiger charge is -2.26. The molecule has 7 nitrogen and oxygen atoms in total. The Kier molecular flexibility index (Phi) is 8.37. The van der Waals surface area contributed by atoms with Crippen LogP contribution in [0.1, 0.15) is 19.4 Å². The number of piperazine rings is 2. The summed E-state index contributed by atoms with van der Waals surface area (Å²) < 4.78 is 5.23. The Balaban J connectivity index is 0.000000209. The molecule has 0 aliphatic carbocycles. The molecular weight excluding hydrogens is 332 g/mol. The lowest BCUT2D eigenvalue weighted by Crippen LogP contribution is -2.55. The Labute approximate surface area is 155 Å². The van der Waals surface area contributed by atoms with Gasteiger partial charge in [-0.2, -0.15) is 0 Å². The second kappa shape index (κ2) is 10.8.